The fourth-order valence-electron chi connectivity index (χ4n) is 2.40. The number of ether oxygens (including phenoxy) is 1. The maximum atomic E-state index is 12.4. The van der Waals surface area contributed by atoms with E-state index in [0.717, 1.165) is 11.3 Å². The predicted octanol–water partition coefficient (Wildman–Crippen LogP) is 0.501. The molecule has 1 amide bonds. The summed E-state index contributed by atoms with van der Waals surface area (Å²) < 4.78 is 6.63. The van der Waals surface area contributed by atoms with Gasteiger partial charge in [0.25, 0.3) is 5.91 Å². The molecule has 0 unspecified atom stereocenters. The normalized spacial score (nSPS) is 18.0. The van der Waals surface area contributed by atoms with Gasteiger partial charge in [-0.15, -0.1) is 5.10 Å². The first-order valence-corrected chi connectivity index (χ1v) is 7.17. The van der Waals surface area contributed by atoms with E-state index in [1.54, 1.807) is 6.20 Å². The Hall–Kier alpha value is -2.74. The van der Waals surface area contributed by atoms with Crippen LogP contribution in [0, 0.1) is 6.92 Å². The van der Waals surface area contributed by atoms with Crippen molar-refractivity contribution in [1.82, 2.24) is 19.9 Å². The van der Waals surface area contributed by atoms with Gasteiger partial charge in [0.1, 0.15) is 0 Å². The van der Waals surface area contributed by atoms with Gasteiger partial charge < -0.3 is 14.7 Å². The zero-order chi connectivity index (χ0) is 16.4. The van der Waals surface area contributed by atoms with E-state index >= 15 is 0 Å². The zero-order valence-corrected chi connectivity index (χ0v) is 12.5. The first-order chi connectivity index (χ1) is 11.0. The smallest absolute Gasteiger partial charge is 0.334 e. The Morgan fingerprint density at radius 1 is 1.39 bits per heavy atom. The van der Waals surface area contributed by atoms with Crippen LogP contribution in [0.25, 0.3) is 5.69 Å². The Morgan fingerprint density at radius 2 is 2.22 bits per heavy atom. The molecule has 8 nitrogen and oxygen atoms in total. The molecule has 23 heavy (non-hydrogen) atoms. The molecule has 0 saturated carbocycles. The molecule has 8 heteroatoms. The second-order valence-electron chi connectivity index (χ2n) is 5.34. The number of benzene rings is 1. The molecule has 1 saturated heterocycles. The third-order valence-corrected chi connectivity index (χ3v) is 3.61. The highest BCUT2D eigenvalue weighted by Gasteiger charge is 2.30. The van der Waals surface area contributed by atoms with Crippen molar-refractivity contribution in [2.75, 3.05) is 19.7 Å². The van der Waals surface area contributed by atoms with Gasteiger partial charge in [-0.2, -0.15) is 0 Å². The number of aromatic nitrogens is 3. The summed E-state index contributed by atoms with van der Waals surface area (Å²) >= 11 is 0. The van der Waals surface area contributed by atoms with Crippen molar-refractivity contribution in [1.29, 1.82) is 0 Å². The minimum Gasteiger partial charge on any atom is -0.479 e. The molecule has 120 valence electrons. The second kappa shape index (κ2) is 6.17. The van der Waals surface area contributed by atoms with Crippen LogP contribution in [0.1, 0.15) is 16.1 Å². The quantitative estimate of drug-likeness (QED) is 0.885. The molecule has 0 aliphatic carbocycles. The minimum atomic E-state index is -1.08. The van der Waals surface area contributed by atoms with Crippen LogP contribution >= 0.6 is 0 Å². The van der Waals surface area contributed by atoms with Crippen molar-refractivity contribution < 1.29 is 19.4 Å². The van der Waals surface area contributed by atoms with E-state index in [0.29, 0.717) is 6.54 Å². The number of hydrogen-bond acceptors (Lipinski definition) is 5. The molecule has 1 aromatic heterocycles. The topological polar surface area (TPSA) is 97.5 Å². The minimum absolute atomic E-state index is 0.00543. The Bertz CT molecular complexity index is 743. The summed E-state index contributed by atoms with van der Waals surface area (Å²) in [7, 11) is 0. The summed E-state index contributed by atoms with van der Waals surface area (Å²) in [6, 6.07) is 7.66. The van der Waals surface area contributed by atoms with Gasteiger partial charge in [-0.05, 0) is 24.6 Å². The van der Waals surface area contributed by atoms with Crippen molar-refractivity contribution >= 4 is 11.9 Å². The van der Waals surface area contributed by atoms with Crippen LogP contribution in [-0.2, 0) is 9.53 Å². The van der Waals surface area contributed by atoms with Crippen molar-refractivity contribution in [3.63, 3.8) is 0 Å². The molecule has 0 bridgehead atoms. The van der Waals surface area contributed by atoms with E-state index < -0.39 is 12.1 Å². The summed E-state index contributed by atoms with van der Waals surface area (Å²) in [4.78, 5) is 24.8. The maximum absolute atomic E-state index is 12.4. The number of hydrogen-bond donors (Lipinski definition) is 1. The van der Waals surface area contributed by atoms with Gasteiger partial charge in [0, 0.05) is 6.54 Å². The Morgan fingerprint density at radius 3 is 2.96 bits per heavy atom. The van der Waals surface area contributed by atoms with Crippen molar-refractivity contribution in [3.8, 4) is 5.69 Å². The number of rotatable bonds is 3. The highest BCUT2D eigenvalue weighted by atomic mass is 16.5. The van der Waals surface area contributed by atoms with E-state index in [1.165, 1.54) is 9.58 Å². The monoisotopic (exact) mass is 316 g/mol. The third kappa shape index (κ3) is 3.21. The highest BCUT2D eigenvalue weighted by Crippen LogP contribution is 2.12. The molecule has 1 atom stereocenters. The number of aliphatic carboxylic acids is 1. The van der Waals surface area contributed by atoms with E-state index in [2.05, 4.69) is 10.3 Å². The van der Waals surface area contributed by atoms with Gasteiger partial charge in [0.2, 0.25) is 0 Å². The van der Waals surface area contributed by atoms with Crippen LogP contribution in [0.5, 0.6) is 0 Å². The van der Waals surface area contributed by atoms with Crippen LogP contribution in [0.3, 0.4) is 0 Å². The summed E-state index contributed by atoms with van der Waals surface area (Å²) in [5, 5.41) is 16.9. The lowest BCUT2D eigenvalue weighted by molar-refractivity contribution is -0.154. The van der Waals surface area contributed by atoms with E-state index in [-0.39, 0.29) is 24.8 Å². The number of amides is 1. The third-order valence-electron chi connectivity index (χ3n) is 3.61. The predicted molar refractivity (Wildman–Crippen MR) is 79.4 cm³/mol. The van der Waals surface area contributed by atoms with Crippen LogP contribution in [0.2, 0.25) is 0 Å². The standard InChI is InChI=1S/C15H16N4O4/c1-10-3-2-4-11(7-10)19-8-12(16-17-19)14(20)18-5-6-23-13(9-18)15(21)22/h2-4,7-8,13H,5-6,9H2,1H3,(H,21,22)/t13-/m1/s1. The molecule has 1 aromatic carbocycles. The van der Waals surface area contributed by atoms with Gasteiger partial charge in [-0.1, -0.05) is 17.3 Å². The van der Waals surface area contributed by atoms with Crippen molar-refractivity contribution in [2.24, 2.45) is 0 Å². The van der Waals surface area contributed by atoms with Gasteiger partial charge in [-0.25, -0.2) is 9.48 Å². The average Bonchev–Trinajstić information content (AvgIpc) is 3.04. The number of carbonyl (C=O) groups excluding carboxylic acids is 1. The second-order valence-corrected chi connectivity index (χ2v) is 5.34. The number of carboxylic acids is 1. The average molecular weight is 316 g/mol. The molecule has 0 spiro atoms. The molecule has 3 rings (SSSR count). The largest absolute Gasteiger partial charge is 0.479 e. The van der Waals surface area contributed by atoms with Gasteiger partial charge in [-0.3, -0.25) is 4.79 Å². The number of carbonyl (C=O) groups is 2. The lowest BCUT2D eigenvalue weighted by Gasteiger charge is -2.30. The Labute approximate surface area is 132 Å². The van der Waals surface area contributed by atoms with Crippen molar-refractivity contribution in [3.05, 3.63) is 41.7 Å². The van der Waals surface area contributed by atoms with E-state index in [4.69, 9.17) is 9.84 Å². The number of morpholine rings is 1. The number of aryl methyl sites for hydroxylation is 1. The molecule has 0 radical (unpaired) electrons. The van der Waals surface area contributed by atoms with Crippen molar-refractivity contribution in [2.45, 2.75) is 13.0 Å². The molecular weight excluding hydrogens is 300 g/mol. The van der Waals surface area contributed by atoms with Crippen LogP contribution < -0.4 is 0 Å². The molecule has 1 aliphatic rings. The van der Waals surface area contributed by atoms with Crippen LogP contribution in [0.4, 0.5) is 0 Å². The van der Waals surface area contributed by atoms with Gasteiger partial charge in [0.15, 0.2) is 11.8 Å². The fraction of sp³-hybridized carbons (Fsp3) is 0.333. The molecule has 1 fully saturated rings. The number of nitrogens with zero attached hydrogens (tertiary/aromatic N) is 4. The lowest BCUT2D eigenvalue weighted by atomic mass is 10.2. The van der Waals surface area contributed by atoms with Gasteiger partial charge in [0.05, 0.1) is 25.0 Å². The SMILES string of the molecule is Cc1cccc(-n2cc(C(=O)N3CCO[C@@H](C(=O)O)C3)nn2)c1. The summed E-state index contributed by atoms with van der Waals surface area (Å²) in [5.74, 6) is -1.43. The molecule has 1 N–H and O–H groups in total. The summed E-state index contributed by atoms with van der Waals surface area (Å²) in [6.07, 6.45) is 0.544. The molecular formula is C15H16N4O4. The highest BCUT2D eigenvalue weighted by molar-refractivity contribution is 5.92. The molecule has 2 aromatic rings. The van der Waals surface area contributed by atoms with Crippen LogP contribution in [0.15, 0.2) is 30.5 Å². The van der Waals surface area contributed by atoms with E-state index in [1.807, 2.05) is 31.2 Å². The first kappa shape index (κ1) is 15.2. The summed E-state index contributed by atoms with van der Waals surface area (Å²) in [6.45, 7) is 2.49. The maximum Gasteiger partial charge on any atom is 0.334 e. The first-order valence-electron chi connectivity index (χ1n) is 7.17. The zero-order valence-electron chi connectivity index (χ0n) is 12.5. The van der Waals surface area contributed by atoms with Gasteiger partial charge >= 0.3 is 5.97 Å². The Kier molecular flexibility index (Phi) is 4.07. The van der Waals surface area contributed by atoms with Crippen LogP contribution in [-0.4, -0.2) is 62.7 Å². The Balaban J connectivity index is 1.77. The lowest BCUT2D eigenvalue weighted by Crippen LogP contribution is -2.48. The van der Waals surface area contributed by atoms with E-state index in [9.17, 15) is 9.59 Å². The molecule has 2 heterocycles. The summed E-state index contributed by atoms with van der Waals surface area (Å²) in [5.41, 5.74) is 2.06. The molecule has 1 aliphatic heterocycles. The number of carboxylic acid groups (broad SMARTS) is 1. The fourth-order valence-corrected chi connectivity index (χ4v) is 2.40.